The number of fused-ring (bicyclic) bond motifs is 1. The monoisotopic (exact) mass is 416 g/mol. The first-order chi connectivity index (χ1) is 14.8. The highest BCUT2D eigenvalue weighted by Gasteiger charge is 2.20. The molecule has 1 aromatic carbocycles. The molecule has 30 heavy (non-hydrogen) atoms. The van der Waals surface area contributed by atoms with E-state index in [1.54, 1.807) is 0 Å². The van der Waals surface area contributed by atoms with Crippen LogP contribution in [0.1, 0.15) is 49.3 Å². The molecular weight excluding hydrogens is 392 g/mol. The maximum Gasteiger partial charge on any atom is 0.138 e. The molecule has 1 aliphatic rings. The summed E-state index contributed by atoms with van der Waals surface area (Å²) in [7, 11) is 0. The molecule has 152 valence electrons. The molecule has 3 aromatic heterocycles. The number of halogens is 1. The van der Waals surface area contributed by atoms with Gasteiger partial charge in [-0.25, -0.2) is 9.97 Å². The highest BCUT2D eigenvalue weighted by atomic mass is 35.5. The maximum absolute atomic E-state index is 6.58. The van der Waals surface area contributed by atoms with E-state index >= 15 is 0 Å². The van der Waals surface area contributed by atoms with Crippen LogP contribution in [0, 0.1) is 0 Å². The highest BCUT2D eigenvalue weighted by molar-refractivity contribution is 6.33. The van der Waals surface area contributed by atoms with Gasteiger partial charge in [-0.1, -0.05) is 61.2 Å². The van der Waals surface area contributed by atoms with Crippen LogP contribution in [-0.4, -0.2) is 15.0 Å². The van der Waals surface area contributed by atoms with Gasteiger partial charge in [0.15, 0.2) is 0 Å². The summed E-state index contributed by atoms with van der Waals surface area (Å²) in [5.74, 6) is 1.41. The summed E-state index contributed by atoms with van der Waals surface area (Å²) in [6.07, 6.45) is 8.30. The number of anilines is 1. The molecular formula is C25H25ClN4. The number of hydrogen-bond acceptors (Lipinski definition) is 3. The molecule has 0 aliphatic heterocycles. The Labute approximate surface area is 181 Å². The second-order valence-electron chi connectivity index (χ2n) is 8.05. The lowest BCUT2D eigenvalue weighted by atomic mass is 9.87. The average Bonchev–Trinajstić information content (AvgIpc) is 3.24. The summed E-state index contributed by atoms with van der Waals surface area (Å²) in [5, 5.41) is 5.15. The number of benzene rings is 1. The molecule has 5 rings (SSSR count). The minimum Gasteiger partial charge on any atom is -0.366 e. The Morgan fingerprint density at radius 3 is 2.67 bits per heavy atom. The van der Waals surface area contributed by atoms with Crippen molar-refractivity contribution >= 4 is 28.5 Å². The molecule has 0 atom stereocenters. The Morgan fingerprint density at radius 2 is 1.83 bits per heavy atom. The number of hydrogen-bond donors (Lipinski definition) is 2. The summed E-state index contributed by atoms with van der Waals surface area (Å²) in [5.41, 5.74) is 5.22. The number of pyridine rings is 2. The minimum atomic E-state index is 0.600. The largest absolute Gasteiger partial charge is 0.366 e. The van der Waals surface area contributed by atoms with E-state index in [9.17, 15) is 0 Å². The molecule has 4 nitrogen and oxygen atoms in total. The van der Waals surface area contributed by atoms with Gasteiger partial charge < -0.3 is 10.3 Å². The van der Waals surface area contributed by atoms with E-state index < -0.39 is 0 Å². The van der Waals surface area contributed by atoms with Gasteiger partial charge in [-0.3, -0.25) is 0 Å². The quantitative estimate of drug-likeness (QED) is 0.370. The number of rotatable bonds is 5. The molecule has 1 fully saturated rings. The van der Waals surface area contributed by atoms with Gasteiger partial charge in [0.05, 0.1) is 10.7 Å². The van der Waals surface area contributed by atoms with E-state index in [0.29, 0.717) is 10.9 Å². The van der Waals surface area contributed by atoms with Crippen molar-refractivity contribution < 1.29 is 0 Å². The molecule has 0 amide bonds. The summed E-state index contributed by atoms with van der Waals surface area (Å²) in [4.78, 5) is 13.0. The van der Waals surface area contributed by atoms with Gasteiger partial charge in [-0.2, -0.15) is 0 Å². The van der Waals surface area contributed by atoms with E-state index in [4.69, 9.17) is 16.6 Å². The third-order valence-corrected chi connectivity index (χ3v) is 6.32. The Hall–Kier alpha value is -2.85. The fraction of sp³-hybridized carbons (Fsp3) is 0.280. The van der Waals surface area contributed by atoms with Gasteiger partial charge in [0, 0.05) is 29.4 Å². The van der Waals surface area contributed by atoms with Crippen LogP contribution in [0.4, 0.5) is 5.82 Å². The minimum absolute atomic E-state index is 0.600. The maximum atomic E-state index is 6.58. The van der Waals surface area contributed by atoms with Gasteiger partial charge in [-0.05, 0) is 48.6 Å². The number of nitrogens with one attached hydrogen (secondary N) is 2. The van der Waals surface area contributed by atoms with Crippen LogP contribution in [0.3, 0.4) is 0 Å². The van der Waals surface area contributed by atoms with Crippen LogP contribution in [0.25, 0.3) is 22.3 Å². The van der Waals surface area contributed by atoms with Gasteiger partial charge in [0.25, 0.3) is 0 Å². The van der Waals surface area contributed by atoms with Gasteiger partial charge in [0.2, 0.25) is 0 Å². The Kier molecular flexibility index (Phi) is 5.41. The molecule has 2 N–H and O–H groups in total. The van der Waals surface area contributed by atoms with Crippen molar-refractivity contribution in [1.82, 2.24) is 15.0 Å². The number of aromatic amines is 1. The zero-order valence-corrected chi connectivity index (χ0v) is 17.6. The lowest BCUT2D eigenvalue weighted by molar-refractivity contribution is 0.438. The fourth-order valence-electron chi connectivity index (χ4n) is 4.41. The van der Waals surface area contributed by atoms with Crippen molar-refractivity contribution in [2.45, 2.75) is 44.6 Å². The van der Waals surface area contributed by atoms with Crippen molar-refractivity contribution in [1.29, 1.82) is 0 Å². The highest BCUT2D eigenvalue weighted by Crippen LogP contribution is 2.37. The number of aromatic nitrogens is 3. The average molecular weight is 417 g/mol. The van der Waals surface area contributed by atoms with Crippen molar-refractivity contribution in [2.24, 2.45) is 0 Å². The van der Waals surface area contributed by atoms with Crippen molar-refractivity contribution in [3.05, 3.63) is 77.1 Å². The Bertz CT molecular complexity index is 1150. The van der Waals surface area contributed by atoms with Crippen molar-refractivity contribution in [3.63, 3.8) is 0 Å². The summed E-state index contributed by atoms with van der Waals surface area (Å²) < 4.78 is 0. The number of H-pyrrole nitrogens is 1. The fourth-order valence-corrected chi connectivity index (χ4v) is 4.61. The van der Waals surface area contributed by atoms with Crippen LogP contribution in [-0.2, 0) is 6.54 Å². The molecule has 0 radical (unpaired) electrons. The summed E-state index contributed by atoms with van der Waals surface area (Å²) in [6, 6.07) is 18.4. The Morgan fingerprint density at radius 1 is 1.00 bits per heavy atom. The van der Waals surface area contributed by atoms with Crippen LogP contribution >= 0.6 is 11.6 Å². The zero-order chi connectivity index (χ0) is 20.3. The van der Waals surface area contributed by atoms with E-state index in [1.807, 2.05) is 42.6 Å². The molecule has 0 unspecified atom stereocenters. The first-order valence-electron chi connectivity index (χ1n) is 10.7. The zero-order valence-electron chi connectivity index (χ0n) is 16.9. The van der Waals surface area contributed by atoms with E-state index in [2.05, 4.69) is 33.5 Å². The summed E-state index contributed by atoms with van der Waals surface area (Å²) >= 11 is 6.58. The normalized spacial score (nSPS) is 14.8. The molecule has 0 bridgehead atoms. The van der Waals surface area contributed by atoms with E-state index in [1.165, 1.54) is 43.4 Å². The predicted molar refractivity (Wildman–Crippen MR) is 124 cm³/mol. The predicted octanol–water partition coefficient (Wildman–Crippen LogP) is 6.94. The van der Waals surface area contributed by atoms with Crippen LogP contribution in [0.5, 0.6) is 0 Å². The molecule has 4 aromatic rings. The van der Waals surface area contributed by atoms with Gasteiger partial charge in [-0.15, -0.1) is 0 Å². The SMILES string of the molecule is Clc1ccc(NCc2ccccc2)nc1-c1ccnc2[nH]c(C3CCCCC3)cc12. The topological polar surface area (TPSA) is 53.6 Å². The third-order valence-electron chi connectivity index (χ3n) is 6.02. The Balaban J connectivity index is 1.47. The van der Waals surface area contributed by atoms with E-state index in [0.717, 1.165) is 34.7 Å². The molecule has 1 saturated carbocycles. The summed E-state index contributed by atoms with van der Waals surface area (Å²) in [6.45, 7) is 0.719. The van der Waals surface area contributed by atoms with Crippen LogP contribution in [0.2, 0.25) is 5.02 Å². The van der Waals surface area contributed by atoms with Crippen LogP contribution < -0.4 is 5.32 Å². The second-order valence-corrected chi connectivity index (χ2v) is 8.45. The molecule has 5 heteroatoms. The van der Waals surface area contributed by atoms with Crippen molar-refractivity contribution in [3.8, 4) is 11.3 Å². The van der Waals surface area contributed by atoms with E-state index in [-0.39, 0.29) is 0 Å². The molecule has 1 aliphatic carbocycles. The molecule has 0 saturated heterocycles. The first-order valence-corrected chi connectivity index (χ1v) is 11.1. The first kappa shape index (κ1) is 19.1. The second kappa shape index (κ2) is 8.49. The van der Waals surface area contributed by atoms with Gasteiger partial charge in [0.1, 0.15) is 11.5 Å². The van der Waals surface area contributed by atoms with Crippen LogP contribution in [0.15, 0.2) is 60.8 Å². The van der Waals surface area contributed by atoms with Crippen molar-refractivity contribution in [2.75, 3.05) is 5.32 Å². The third kappa shape index (κ3) is 3.92. The van der Waals surface area contributed by atoms with Gasteiger partial charge >= 0.3 is 0 Å². The lowest BCUT2D eigenvalue weighted by Crippen LogP contribution is -2.04. The number of nitrogens with zero attached hydrogens (tertiary/aromatic N) is 2. The smallest absolute Gasteiger partial charge is 0.138 e. The standard InChI is InChI=1S/C25H25ClN4/c26-21-11-12-23(28-16-17-7-3-1-4-8-17)30-24(21)19-13-14-27-25-20(19)15-22(29-25)18-9-5-2-6-10-18/h1,3-4,7-8,11-15,18H,2,5-6,9-10,16H2,(H,27,29)(H,28,30). The molecule has 0 spiro atoms. The molecule has 3 heterocycles. The lowest BCUT2D eigenvalue weighted by Gasteiger charge is -2.20.